The van der Waals surface area contributed by atoms with Crippen LogP contribution in [0.15, 0.2) is 52.1 Å². The zero-order chi connectivity index (χ0) is 18.8. The van der Waals surface area contributed by atoms with Gasteiger partial charge in [0.15, 0.2) is 5.96 Å². The van der Waals surface area contributed by atoms with E-state index in [1.54, 1.807) is 6.26 Å². The summed E-state index contributed by atoms with van der Waals surface area (Å²) in [6.45, 7) is 4.21. The lowest BCUT2D eigenvalue weighted by Crippen LogP contribution is -2.36. The molecule has 0 radical (unpaired) electrons. The van der Waals surface area contributed by atoms with Gasteiger partial charge in [0.2, 0.25) is 5.91 Å². The summed E-state index contributed by atoms with van der Waals surface area (Å²) in [7, 11) is 3.73. The first-order chi connectivity index (χ1) is 12.6. The first-order valence-electron chi connectivity index (χ1n) is 8.65. The van der Waals surface area contributed by atoms with Crippen LogP contribution in [0.1, 0.15) is 18.2 Å². The number of rotatable bonds is 8. The third-order valence-electron chi connectivity index (χ3n) is 3.44. The van der Waals surface area contributed by atoms with Gasteiger partial charge in [-0.3, -0.25) is 4.79 Å². The first kappa shape index (κ1) is 19.5. The quantitative estimate of drug-likeness (QED) is 0.497. The van der Waals surface area contributed by atoms with Gasteiger partial charge in [-0.1, -0.05) is 12.1 Å². The fraction of sp³-hybridized carbons (Fsp3) is 0.368. The molecule has 0 saturated heterocycles. The molecule has 140 valence electrons. The Labute approximate surface area is 154 Å². The lowest BCUT2D eigenvalue weighted by molar-refractivity contribution is -0.116. The Kier molecular flexibility index (Phi) is 7.70. The summed E-state index contributed by atoms with van der Waals surface area (Å²) in [5, 5.41) is 9.33. The number of likely N-dealkylation sites (N-methyl/N-ethyl adjacent to an activating group) is 1. The van der Waals surface area contributed by atoms with Crippen molar-refractivity contribution in [1.82, 2.24) is 15.5 Å². The number of amides is 1. The zero-order valence-corrected chi connectivity index (χ0v) is 15.6. The summed E-state index contributed by atoms with van der Waals surface area (Å²) in [6, 6.07) is 11.5. The Morgan fingerprint density at radius 3 is 2.73 bits per heavy atom. The van der Waals surface area contributed by atoms with Crippen molar-refractivity contribution in [2.45, 2.75) is 20.0 Å². The van der Waals surface area contributed by atoms with Crippen LogP contribution in [0.2, 0.25) is 0 Å². The summed E-state index contributed by atoms with van der Waals surface area (Å²) in [4.78, 5) is 18.3. The minimum absolute atomic E-state index is 0.0379. The highest BCUT2D eigenvalue weighted by Crippen LogP contribution is 2.11. The number of carbonyl (C=O) groups excluding carboxylic acids is 1. The number of benzene rings is 1. The minimum Gasteiger partial charge on any atom is -0.467 e. The van der Waals surface area contributed by atoms with Gasteiger partial charge in [0.1, 0.15) is 5.76 Å². The molecule has 26 heavy (non-hydrogen) atoms. The molecule has 0 unspecified atom stereocenters. The van der Waals surface area contributed by atoms with E-state index in [4.69, 9.17) is 4.42 Å². The van der Waals surface area contributed by atoms with Crippen LogP contribution in [0.4, 0.5) is 5.69 Å². The molecule has 1 aromatic carbocycles. The summed E-state index contributed by atoms with van der Waals surface area (Å²) >= 11 is 0. The number of anilines is 1. The second-order valence-electron chi connectivity index (χ2n) is 6.11. The van der Waals surface area contributed by atoms with E-state index in [1.165, 1.54) is 0 Å². The Bertz CT molecular complexity index is 710. The summed E-state index contributed by atoms with van der Waals surface area (Å²) < 4.78 is 5.32. The second-order valence-corrected chi connectivity index (χ2v) is 6.11. The highest BCUT2D eigenvalue weighted by molar-refractivity contribution is 5.92. The zero-order valence-electron chi connectivity index (χ0n) is 15.6. The van der Waals surface area contributed by atoms with Crippen LogP contribution in [0.5, 0.6) is 0 Å². The van der Waals surface area contributed by atoms with Crippen molar-refractivity contribution >= 4 is 17.6 Å². The van der Waals surface area contributed by atoms with E-state index in [1.807, 2.05) is 62.3 Å². The van der Waals surface area contributed by atoms with Crippen molar-refractivity contribution < 1.29 is 9.21 Å². The maximum absolute atomic E-state index is 11.9. The van der Waals surface area contributed by atoms with Crippen molar-refractivity contribution in [3.63, 3.8) is 0 Å². The molecule has 7 heteroatoms. The molecule has 0 aliphatic heterocycles. The number of nitrogens with one attached hydrogen (secondary N) is 3. The molecule has 2 aromatic rings. The van der Waals surface area contributed by atoms with Crippen LogP contribution in [0, 0.1) is 0 Å². The third-order valence-corrected chi connectivity index (χ3v) is 3.44. The smallest absolute Gasteiger partial charge is 0.238 e. The second kappa shape index (κ2) is 10.2. The Balaban J connectivity index is 1.95. The topological polar surface area (TPSA) is 81.9 Å². The highest BCUT2D eigenvalue weighted by atomic mass is 16.3. The van der Waals surface area contributed by atoms with E-state index in [0.717, 1.165) is 23.6 Å². The van der Waals surface area contributed by atoms with Crippen LogP contribution < -0.4 is 16.0 Å². The molecule has 3 N–H and O–H groups in total. The molecule has 0 fully saturated rings. The number of hydrogen-bond donors (Lipinski definition) is 3. The van der Waals surface area contributed by atoms with Gasteiger partial charge in [0.05, 0.1) is 25.9 Å². The summed E-state index contributed by atoms with van der Waals surface area (Å²) in [6.07, 6.45) is 1.65. The molecule has 7 nitrogen and oxygen atoms in total. The van der Waals surface area contributed by atoms with Gasteiger partial charge in [-0.15, -0.1) is 0 Å². The minimum atomic E-state index is -0.0379. The van der Waals surface area contributed by atoms with Gasteiger partial charge >= 0.3 is 0 Å². The monoisotopic (exact) mass is 357 g/mol. The molecule has 1 heterocycles. The number of carbonyl (C=O) groups is 1. The molecule has 0 bridgehead atoms. The largest absolute Gasteiger partial charge is 0.467 e. The highest BCUT2D eigenvalue weighted by Gasteiger charge is 2.05. The Hall–Kier alpha value is -2.80. The van der Waals surface area contributed by atoms with Crippen LogP contribution in [-0.4, -0.2) is 44.0 Å². The van der Waals surface area contributed by atoms with Gasteiger partial charge < -0.3 is 25.3 Å². The van der Waals surface area contributed by atoms with E-state index in [-0.39, 0.29) is 5.91 Å². The fourth-order valence-corrected chi connectivity index (χ4v) is 2.33. The predicted octanol–water partition coefficient (Wildman–Crippen LogP) is 2.03. The third kappa shape index (κ3) is 6.98. The number of hydrogen-bond acceptors (Lipinski definition) is 4. The van der Waals surface area contributed by atoms with E-state index in [9.17, 15) is 4.79 Å². The van der Waals surface area contributed by atoms with Crippen molar-refractivity contribution in [1.29, 1.82) is 0 Å². The van der Waals surface area contributed by atoms with E-state index < -0.39 is 0 Å². The average Bonchev–Trinajstić information content (AvgIpc) is 3.10. The maximum Gasteiger partial charge on any atom is 0.238 e. The fourth-order valence-electron chi connectivity index (χ4n) is 2.33. The number of aliphatic imine (C=N–C) groups is 1. The molecule has 0 atom stereocenters. The van der Waals surface area contributed by atoms with Crippen molar-refractivity contribution in [2.24, 2.45) is 4.99 Å². The van der Waals surface area contributed by atoms with E-state index in [0.29, 0.717) is 25.6 Å². The molecule has 2 rings (SSSR count). The normalized spacial score (nSPS) is 11.5. The standard InChI is InChI=1S/C19H27N5O2/c1-4-20-19(22-13-17-9-6-10-26-17)21-12-15-7-5-8-16(11-15)23-18(25)14-24(2)3/h5-11H,4,12-14H2,1-3H3,(H,23,25)(H2,20,21,22). The van der Waals surface area contributed by atoms with Crippen LogP contribution in [0.3, 0.4) is 0 Å². The Morgan fingerprint density at radius 1 is 1.19 bits per heavy atom. The first-order valence-corrected chi connectivity index (χ1v) is 8.65. The van der Waals surface area contributed by atoms with Crippen LogP contribution in [0.25, 0.3) is 0 Å². The molecule has 1 amide bonds. The van der Waals surface area contributed by atoms with E-state index in [2.05, 4.69) is 20.9 Å². The predicted molar refractivity (Wildman–Crippen MR) is 104 cm³/mol. The van der Waals surface area contributed by atoms with E-state index >= 15 is 0 Å². The van der Waals surface area contributed by atoms with Crippen molar-refractivity contribution in [2.75, 3.05) is 32.5 Å². The molecular weight excluding hydrogens is 330 g/mol. The van der Waals surface area contributed by atoms with Crippen LogP contribution in [-0.2, 0) is 17.9 Å². The summed E-state index contributed by atoms with van der Waals surface area (Å²) in [5.74, 6) is 1.52. The lowest BCUT2D eigenvalue weighted by atomic mass is 10.2. The average molecular weight is 357 g/mol. The SMILES string of the molecule is CCNC(=NCc1cccc(NC(=O)CN(C)C)c1)NCc1ccco1. The molecule has 0 saturated carbocycles. The van der Waals surface area contributed by atoms with Gasteiger partial charge in [0.25, 0.3) is 0 Å². The van der Waals surface area contributed by atoms with Gasteiger partial charge in [-0.05, 0) is 50.8 Å². The number of guanidine groups is 1. The molecule has 0 aliphatic rings. The Morgan fingerprint density at radius 2 is 2.04 bits per heavy atom. The summed E-state index contributed by atoms with van der Waals surface area (Å²) in [5.41, 5.74) is 1.79. The number of furan rings is 1. The van der Waals surface area contributed by atoms with Crippen LogP contribution >= 0.6 is 0 Å². The molecule has 0 aliphatic carbocycles. The van der Waals surface area contributed by atoms with Gasteiger partial charge in [-0.2, -0.15) is 0 Å². The van der Waals surface area contributed by atoms with Gasteiger partial charge in [0, 0.05) is 12.2 Å². The molecule has 0 spiro atoms. The van der Waals surface area contributed by atoms with Crippen molar-refractivity contribution in [3.05, 3.63) is 54.0 Å². The lowest BCUT2D eigenvalue weighted by Gasteiger charge is -2.12. The number of nitrogens with zero attached hydrogens (tertiary/aromatic N) is 2. The maximum atomic E-state index is 11.9. The molecular formula is C19H27N5O2. The van der Waals surface area contributed by atoms with Gasteiger partial charge in [-0.25, -0.2) is 4.99 Å². The molecule has 1 aromatic heterocycles. The van der Waals surface area contributed by atoms with Crippen molar-refractivity contribution in [3.8, 4) is 0 Å².